The Hall–Kier alpha value is -1.07. The third-order valence-electron chi connectivity index (χ3n) is 4.42. The van der Waals surface area contributed by atoms with Crippen molar-refractivity contribution < 1.29 is 13.2 Å². The van der Waals surface area contributed by atoms with Crippen LogP contribution in [0.25, 0.3) is 0 Å². The summed E-state index contributed by atoms with van der Waals surface area (Å²) in [6.45, 7) is 3.04. The van der Waals surface area contributed by atoms with Gasteiger partial charge in [0.25, 0.3) is 0 Å². The summed E-state index contributed by atoms with van der Waals surface area (Å²) in [5.41, 5.74) is 6.26. The fraction of sp³-hybridized carbons (Fsp3) is 0.625. The number of likely N-dealkylation sites (N-methyl/N-ethyl adjacent to an activating group) is 1. The molecule has 21 heavy (non-hydrogen) atoms. The first-order valence-electron chi connectivity index (χ1n) is 7.68. The normalized spacial score (nSPS) is 18.2. The molecule has 0 amide bonds. The molecule has 0 saturated heterocycles. The van der Waals surface area contributed by atoms with Gasteiger partial charge in [-0.25, -0.2) is 13.2 Å². The van der Waals surface area contributed by atoms with Crippen LogP contribution in [0.5, 0.6) is 0 Å². The molecular weight excluding hydrogens is 277 g/mol. The molecule has 1 aliphatic rings. The van der Waals surface area contributed by atoms with Gasteiger partial charge in [-0.2, -0.15) is 0 Å². The summed E-state index contributed by atoms with van der Waals surface area (Å²) < 4.78 is 40.1. The molecule has 0 bridgehead atoms. The average molecular weight is 300 g/mol. The Morgan fingerprint density at radius 2 is 1.71 bits per heavy atom. The Kier molecular flexibility index (Phi) is 5.65. The van der Waals surface area contributed by atoms with Gasteiger partial charge in [-0.3, -0.25) is 4.90 Å². The summed E-state index contributed by atoms with van der Waals surface area (Å²) in [6.07, 6.45) is 5.74. The van der Waals surface area contributed by atoms with Crippen molar-refractivity contribution >= 4 is 0 Å². The van der Waals surface area contributed by atoms with Crippen molar-refractivity contribution in [3.05, 3.63) is 35.1 Å². The van der Waals surface area contributed by atoms with Crippen LogP contribution in [0.1, 0.15) is 50.6 Å². The van der Waals surface area contributed by atoms with Crippen molar-refractivity contribution in [2.24, 2.45) is 5.73 Å². The Morgan fingerprint density at radius 3 is 2.19 bits per heavy atom. The van der Waals surface area contributed by atoms with Gasteiger partial charge in [0.1, 0.15) is 0 Å². The van der Waals surface area contributed by atoms with Gasteiger partial charge in [-0.1, -0.05) is 26.2 Å². The topological polar surface area (TPSA) is 29.3 Å². The maximum Gasteiger partial charge on any atom is 0.194 e. The van der Waals surface area contributed by atoms with Gasteiger partial charge >= 0.3 is 0 Å². The van der Waals surface area contributed by atoms with Crippen LogP contribution >= 0.6 is 0 Å². The molecule has 0 aromatic heterocycles. The van der Waals surface area contributed by atoms with Crippen LogP contribution in [0.15, 0.2) is 12.1 Å². The van der Waals surface area contributed by atoms with Gasteiger partial charge in [0.15, 0.2) is 17.5 Å². The Bertz CT molecular complexity index is 450. The smallest absolute Gasteiger partial charge is 0.194 e. The number of halogens is 3. The molecule has 1 aromatic carbocycles. The summed E-state index contributed by atoms with van der Waals surface area (Å²) in [6, 6.07) is 2.25. The number of hydrogen-bond donors (Lipinski definition) is 1. The Morgan fingerprint density at radius 1 is 1.14 bits per heavy atom. The molecule has 1 unspecified atom stereocenters. The van der Waals surface area contributed by atoms with E-state index in [2.05, 4.69) is 4.90 Å². The van der Waals surface area contributed by atoms with E-state index in [9.17, 15) is 13.2 Å². The molecule has 0 aliphatic heterocycles. The molecule has 2 rings (SSSR count). The molecule has 1 atom stereocenters. The molecule has 0 spiro atoms. The van der Waals surface area contributed by atoms with E-state index in [0.717, 1.165) is 31.5 Å². The maximum absolute atomic E-state index is 13.5. The molecule has 1 saturated carbocycles. The van der Waals surface area contributed by atoms with Crippen LogP contribution in [-0.2, 0) is 0 Å². The van der Waals surface area contributed by atoms with Gasteiger partial charge in [0.2, 0.25) is 0 Å². The second-order valence-electron chi connectivity index (χ2n) is 5.67. The van der Waals surface area contributed by atoms with Crippen molar-refractivity contribution in [2.75, 3.05) is 13.1 Å². The molecule has 2 nitrogen and oxygen atoms in total. The molecule has 1 aromatic rings. The number of nitrogens with two attached hydrogens (primary N) is 1. The number of rotatable bonds is 5. The molecule has 5 heteroatoms. The third-order valence-corrected chi connectivity index (χ3v) is 4.42. The Balaban J connectivity index is 2.28. The van der Waals surface area contributed by atoms with Crippen LogP contribution in [0.4, 0.5) is 13.2 Å². The molecule has 0 heterocycles. The maximum atomic E-state index is 13.5. The van der Waals surface area contributed by atoms with Crippen molar-refractivity contribution in [1.82, 2.24) is 4.90 Å². The van der Waals surface area contributed by atoms with Crippen molar-refractivity contribution in [3.8, 4) is 0 Å². The van der Waals surface area contributed by atoms with Gasteiger partial charge in [-0.15, -0.1) is 0 Å². The van der Waals surface area contributed by atoms with E-state index in [1.807, 2.05) is 6.92 Å². The zero-order valence-electron chi connectivity index (χ0n) is 12.4. The van der Waals surface area contributed by atoms with Crippen LogP contribution in [0, 0.1) is 17.5 Å². The first-order chi connectivity index (χ1) is 10.1. The number of benzene rings is 1. The van der Waals surface area contributed by atoms with E-state index in [0.29, 0.717) is 11.6 Å². The minimum absolute atomic E-state index is 0.259. The van der Waals surface area contributed by atoms with E-state index in [4.69, 9.17) is 5.73 Å². The first-order valence-corrected chi connectivity index (χ1v) is 7.68. The predicted octanol–water partition coefficient (Wildman–Crippen LogP) is 3.76. The third kappa shape index (κ3) is 3.58. The van der Waals surface area contributed by atoms with Crippen LogP contribution in [-0.4, -0.2) is 24.0 Å². The summed E-state index contributed by atoms with van der Waals surface area (Å²) in [5, 5.41) is 0. The molecule has 2 N–H and O–H groups in total. The minimum Gasteiger partial charge on any atom is -0.329 e. The van der Waals surface area contributed by atoms with E-state index < -0.39 is 17.5 Å². The number of hydrogen-bond acceptors (Lipinski definition) is 2. The highest BCUT2D eigenvalue weighted by molar-refractivity contribution is 5.23. The van der Waals surface area contributed by atoms with Gasteiger partial charge in [0, 0.05) is 18.6 Å². The summed E-state index contributed by atoms with van der Waals surface area (Å²) in [4.78, 5) is 2.20. The summed E-state index contributed by atoms with van der Waals surface area (Å²) in [7, 11) is 0. The lowest BCUT2D eigenvalue weighted by molar-refractivity contribution is 0.113. The lowest BCUT2D eigenvalue weighted by Crippen LogP contribution is -2.42. The minimum atomic E-state index is -1.42. The Labute approximate surface area is 124 Å². The second kappa shape index (κ2) is 7.27. The monoisotopic (exact) mass is 300 g/mol. The van der Waals surface area contributed by atoms with Crippen LogP contribution < -0.4 is 5.73 Å². The fourth-order valence-corrected chi connectivity index (χ4v) is 3.38. The standard InChI is InChI=1S/C16H23F3N2/c1-2-21(12-6-4-3-5-7-12)15(10-20)11-8-13(17)16(19)14(18)9-11/h8-9,12,15H,2-7,10,20H2,1H3. The molecule has 1 fully saturated rings. The summed E-state index contributed by atoms with van der Waals surface area (Å²) in [5.74, 6) is -3.72. The quantitative estimate of drug-likeness (QED) is 0.839. The fourth-order valence-electron chi connectivity index (χ4n) is 3.38. The SMILES string of the molecule is CCN(C1CCCCC1)C(CN)c1cc(F)c(F)c(F)c1. The van der Waals surface area contributed by atoms with Crippen LogP contribution in [0.2, 0.25) is 0 Å². The lowest BCUT2D eigenvalue weighted by atomic mass is 9.91. The van der Waals surface area contributed by atoms with Crippen LogP contribution in [0.3, 0.4) is 0 Å². The highest BCUT2D eigenvalue weighted by atomic mass is 19.2. The van der Waals surface area contributed by atoms with E-state index in [-0.39, 0.29) is 12.6 Å². The van der Waals surface area contributed by atoms with E-state index >= 15 is 0 Å². The summed E-state index contributed by atoms with van der Waals surface area (Å²) >= 11 is 0. The van der Waals surface area contributed by atoms with E-state index in [1.165, 1.54) is 19.3 Å². The first kappa shape index (κ1) is 16.3. The zero-order valence-corrected chi connectivity index (χ0v) is 12.4. The lowest BCUT2D eigenvalue weighted by Gasteiger charge is -2.39. The average Bonchev–Trinajstić information content (AvgIpc) is 2.50. The van der Waals surface area contributed by atoms with E-state index in [1.54, 1.807) is 0 Å². The van der Waals surface area contributed by atoms with Gasteiger partial charge in [-0.05, 0) is 37.1 Å². The molecule has 0 radical (unpaired) electrons. The highest BCUT2D eigenvalue weighted by Gasteiger charge is 2.28. The van der Waals surface area contributed by atoms with Crippen molar-refractivity contribution in [2.45, 2.75) is 51.1 Å². The van der Waals surface area contributed by atoms with Gasteiger partial charge < -0.3 is 5.73 Å². The highest BCUT2D eigenvalue weighted by Crippen LogP contribution is 2.30. The van der Waals surface area contributed by atoms with Crippen molar-refractivity contribution in [1.29, 1.82) is 0 Å². The zero-order chi connectivity index (χ0) is 15.4. The van der Waals surface area contributed by atoms with Gasteiger partial charge in [0.05, 0.1) is 0 Å². The molecule has 118 valence electrons. The largest absolute Gasteiger partial charge is 0.329 e. The predicted molar refractivity (Wildman–Crippen MR) is 77.4 cm³/mol. The molecular formula is C16H23F3N2. The second-order valence-corrected chi connectivity index (χ2v) is 5.67. The molecule has 1 aliphatic carbocycles. The van der Waals surface area contributed by atoms with Crippen molar-refractivity contribution in [3.63, 3.8) is 0 Å². The number of nitrogens with zero attached hydrogens (tertiary/aromatic N) is 1.